The normalized spacial score (nSPS) is 16.0. The molecule has 0 radical (unpaired) electrons. The van der Waals surface area contributed by atoms with Crippen molar-refractivity contribution in [3.8, 4) is 0 Å². The highest BCUT2D eigenvalue weighted by molar-refractivity contribution is 5.89. The lowest BCUT2D eigenvalue weighted by molar-refractivity contribution is -0.126. The van der Waals surface area contributed by atoms with Gasteiger partial charge in [0.05, 0.1) is 11.6 Å². The lowest BCUT2D eigenvalue weighted by Crippen LogP contribution is -2.41. The van der Waals surface area contributed by atoms with Gasteiger partial charge in [0.2, 0.25) is 0 Å². The molecule has 7 nitrogen and oxygen atoms in total. The lowest BCUT2D eigenvalue weighted by Gasteiger charge is -2.26. The van der Waals surface area contributed by atoms with Crippen molar-refractivity contribution in [2.24, 2.45) is 13.0 Å². The fourth-order valence-electron chi connectivity index (χ4n) is 4.03. The molecule has 1 aromatic carbocycles. The van der Waals surface area contributed by atoms with Gasteiger partial charge in [-0.2, -0.15) is 0 Å². The first-order valence-corrected chi connectivity index (χ1v) is 9.81. The van der Waals surface area contributed by atoms with Crippen LogP contribution in [0.4, 0.5) is 4.79 Å². The minimum atomic E-state index is -1.11. The van der Waals surface area contributed by atoms with Gasteiger partial charge < -0.3 is 20.3 Å². The third kappa shape index (κ3) is 4.42. The number of fused-ring (bicyclic) bond motifs is 1. The molecule has 0 saturated heterocycles. The summed E-state index contributed by atoms with van der Waals surface area (Å²) in [6, 6.07) is 8.64. The number of hydrogen-bond acceptors (Lipinski definition) is 4. The Hall–Kier alpha value is -2.67. The molecule has 28 heavy (non-hydrogen) atoms. The number of Topliss-reactive ketones (excluding diaryl/α,β-unsaturated/α-hetero) is 1. The van der Waals surface area contributed by atoms with Gasteiger partial charge in [-0.25, -0.2) is 4.79 Å². The van der Waals surface area contributed by atoms with E-state index in [0.29, 0.717) is 5.56 Å². The number of aromatic nitrogens is 1. The first kappa shape index (κ1) is 20.1. The van der Waals surface area contributed by atoms with Crippen molar-refractivity contribution in [3.63, 3.8) is 0 Å². The molecule has 150 valence electrons. The number of rotatable bonds is 7. The van der Waals surface area contributed by atoms with Crippen LogP contribution in [0.3, 0.4) is 0 Å². The standard InChI is InChI=1S/C21H27N3O4/c1-24-17-10-6-5-9-15(17)13-16(20(24)26)18(22-11-12-23-21(27)28)19(25)14-7-3-2-4-8-14/h5-6,9-10,13-14,18,22-23H,2-4,7-8,11-12H2,1H3,(H,27,28). The maximum Gasteiger partial charge on any atom is 0.404 e. The Bertz CT molecular complexity index is 915. The molecule has 1 amide bonds. The number of carbonyl (C=O) groups excluding carboxylic acids is 1. The molecule has 1 unspecified atom stereocenters. The zero-order valence-electron chi connectivity index (χ0n) is 16.1. The zero-order chi connectivity index (χ0) is 20.1. The second-order valence-corrected chi connectivity index (χ2v) is 7.38. The van der Waals surface area contributed by atoms with E-state index in [1.807, 2.05) is 24.3 Å². The molecule has 7 heteroatoms. The second-order valence-electron chi connectivity index (χ2n) is 7.38. The average Bonchev–Trinajstić information content (AvgIpc) is 2.71. The van der Waals surface area contributed by atoms with Crippen LogP contribution in [0.5, 0.6) is 0 Å². The first-order chi connectivity index (χ1) is 13.5. The van der Waals surface area contributed by atoms with Crippen LogP contribution in [0.1, 0.15) is 43.7 Å². The van der Waals surface area contributed by atoms with Gasteiger partial charge in [-0.1, -0.05) is 37.5 Å². The lowest BCUT2D eigenvalue weighted by atomic mass is 9.82. The van der Waals surface area contributed by atoms with E-state index in [-0.39, 0.29) is 30.3 Å². The minimum Gasteiger partial charge on any atom is -0.465 e. The van der Waals surface area contributed by atoms with Crippen LogP contribution >= 0.6 is 0 Å². The van der Waals surface area contributed by atoms with Crippen LogP contribution in [-0.2, 0) is 11.8 Å². The van der Waals surface area contributed by atoms with Crippen LogP contribution in [0.25, 0.3) is 10.9 Å². The summed E-state index contributed by atoms with van der Waals surface area (Å²) in [5.41, 5.74) is 1.03. The van der Waals surface area contributed by atoms with Crippen LogP contribution in [-0.4, -0.2) is 34.6 Å². The van der Waals surface area contributed by atoms with E-state index in [0.717, 1.165) is 43.0 Å². The Morgan fingerprint density at radius 3 is 2.61 bits per heavy atom. The Kier molecular flexibility index (Phi) is 6.46. The Balaban J connectivity index is 1.94. The number of carboxylic acid groups (broad SMARTS) is 1. The van der Waals surface area contributed by atoms with Crippen molar-refractivity contribution in [1.29, 1.82) is 0 Å². The second kappa shape index (κ2) is 9.01. The fraction of sp³-hybridized carbons (Fsp3) is 0.476. The van der Waals surface area contributed by atoms with Crippen LogP contribution in [0, 0.1) is 5.92 Å². The minimum absolute atomic E-state index is 0.0300. The van der Waals surface area contributed by atoms with Crippen molar-refractivity contribution in [2.45, 2.75) is 38.1 Å². The van der Waals surface area contributed by atoms with Crippen LogP contribution < -0.4 is 16.2 Å². The highest BCUT2D eigenvalue weighted by Gasteiger charge is 2.31. The van der Waals surface area contributed by atoms with E-state index < -0.39 is 12.1 Å². The van der Waals surface area contributed by atoms with Gasteiger partial charge in [0.15, 0.2) is 5.78 Å². The van der Waals surface area contributed by atoms with Gasteiger partial charge in [-0.3, -0.25) is 9.59 Å². The summed E-state index contributed by atoms with van der Waals surface area (Å²) in [4.78, 5) is 37.0. The number of pyridine rings is 1. The third-order valence-corrected chi connectivity index (χ3v) is 5.51. The number of nitrogens with one attached hydrogen (secondary N) is 2. The molecule has 3 N–H and O–H groups in total. The highest BCUT2D eigenvalue weighted by atomic mass is 16.4. The Morgan fingerprint density at radius 1 is 1.18 bits per heavy atom. The molecule has 1 aliphatic carbocycles. The van der Waals surface area contributed by atoms with Gasteiger partial charge in [0.25, 0.3) is 5.56 Å². The largest absolute Gasteiger partial charge is 0.465 e. The molecule has 0 aliphatic heterocycles. The predicted octanol–water partition coefficient (Wildman–Crippen LogP) is 2.59. The smallest absolute Gasteiger partial charge is 0.404 e. The highest BCUT2D eigenvalue weighted by Crippen LogP contribution is 2.29. The summed E-state index contributed by atoms with van der Waals surface area (Å²) >= 11 is 0. The summed E-state index contributed by atoms with van der Waals surface area (Å²) in [6.45, 7) is 0.434. The van der Waals surface area contributed by atoms with Gasteiger partial charge in [-0.15, -0.1) is 0 Å². The molecule has 1 heterocycles. The topological polar surface area (TPSA) is 100 Å². The number of para-hydroxylation sites is 1. The van der Waals surface area contributed by atoms with Gasteiger partial charge >= 0.3 is 6.09 Å². The number of amides is 1. The molecule has 0 spiro atoms. The molecule has 0 bridgehead atoms. The first-order valence-electron chi connectivity index (χ1n) is 9.81. The molecule has 3 rings (SSSR count). The van der Waals surface area contributed by atoms with Crippen molar-refractivity contribution >= 4 is 22.8 Å². The molecule has 1 aliphatic rings. The number of ketones is 1. The van der Waals surface area contributed by atoms with E-state index in [9.17, 15) is 14.4 Å². The monoisotopic (exact) mass is 385 g/mol. The van der Waals surface area contributed by atoms with Crippen LogP contribution in [0.15, 0.2) is 35.1 Å². The van der Waals surface area contributed by atoms with E-state index in [2.05, 4.69) is 10.6 Å². The summed E-state index contributed by atoms with van der Waals surface area (Å²) in [6.07, 6.45) is 3.77. The van der Waals surface area contributed by atoms with Crippen molar-refractivity contribution in [2.75, 3.05) is 13.1 Å². The Morgan fingerprint density at radius 2 is 1.89 bits per heavy atom. The molecule has 2 aromatic rings. The van der Waals surface area contributed by atoms with E-state index in [1.54, 1.807) is 17.7 Å². The number of benzene rings is 1. The van der Waals surface area contributed by atoms with Gasteiger partial charge in [-0.05, 0) is 30.4 Å². The number of carbonyl (C=O) groups is 2. The molecular weight excluding hydrogens is 358 g/mol. The summed E-state index contributed by atoms with van der Waals surface area (Å²) in [5, 5.41) is 15.1. The SMILES string of the molecule is Cn1c(=O)c(C(NCCNC(=O)O)C(=O)C2CCCCC2)cc2ccccc21. The summed E-state index contributed by atoms with van der Waals surface area (Å²) in [5.74, 6) is -0.0303. The molecule has 1 atom stereocenters. The molecule has 1 fully saturated rings. The summed E-state index contributed by atoms with van der Waals surface area (Å²) < 4.78 is 1.57. The molecule has 1 saturated carbocycles. The quantitative estimate of drug-likeness (QED) is 0.636. The summed E-state index contributed by atoms with van der Waals surface area (Å²) in [7, 11) is 1.71. The average molecular weight is 385 g/mol. The van der Waals surface area contributed by atoms with E-state index >= 15 is 0 Å². The van der Waals surface area contributed by atoms with Crippen molar-refractivity contribution in [3.05, 3.63) is 46.2 Å². The van der Waals surface area contributed by atoms with E-state index in [4.69, 9.17) is 5.11 Å². The zero-order valence-corrected chi connectivity index (χ0v) is 16.1. The Labute approximate surface area is 163 Å². The number of aryl methyl sites for hydroxylation is 1. The molecule has 1 aromatic heterocycles. The van der Waals surface area contributed by atoms with Crippen molar-refractivity contribution < 1.29 is 14.7 Å². The number of nitrogens with zero attached hydrogens (tertiary/aromatic N) is 1. The van der Waals surface area contributed by atoms with Gasteiger partial charge in [0, 0.05) is 31.6 Å². The van der Waals surface area contributed by atoms with Crippen molar-refractivity contribution in [1.82, 2.24) is 15.2 Å². The van der Waals surface area contributed by atoms with Crippen LogP contribution in [0.2, 0.25) is 0 Å². The maximum absolute atomic E-state index is 13.3. The molecular formula is C21H27N3O4. The van der Waals surface area contributed by atoms with Gasteiger partial charge in [0.1, 0.15) is 0 Å². The predicted molar refractivity (Wildman–Crippen MR) is 108 cm³/mol. The third-order valence-electron chi connectivity index (χ3n) is 5.51. The number of hydrogen-bond donors (Lipinski definition) is 3. The van der Waals surface area contributed by atoms with E-state index in [1.165, 1.54) is 0 Å². The maximum atomic E-state index is 13.3. The fourth-order valence-corrected chi connectivity index (χ4v) is 4.03.